The summed E-state index contributed by atoms with van der Waals surface area (Å²) in [4.78, 5) is 17.5. The van der Waals surface area contributed by atoms with Crippen LogP contribution in [0.15, 0.2) is 24.3 Å². The first-order valence-electron chi connectivity index (χ1n) is 9.17. The molecule has 0 aromatic carbocycles. The van der Waals surface area contributed by atoms with Gasteiger partial charge in [0.2, 0.25) is 0 Å². The molecule has 162 valence electrons. The van der Waals surface area contributed by atoms with Gasteiger partial charge >= 0.3 is 6.18 Å². The van der Waals surface area contributed by atoms with Crippen molar-refractivity contribution in [3.05, 3.63) is 51.4 Å². The van der Waals surface area contributed by atoms with Gasteiger partial charge in [-0.2, -0.15) is 23.4 Å². The quantitative estimate of drug-likeness (QED) is 0.445. The Hall–Kier alpha value is -2.92. The number of anilines is 1. The Kier molecular flexibility index (Phi) is 5.26. The molecule has 0 saturated carbocycles. The Labute approximate surface area is 183 Å². The van der Waals surface area contributed by atoms with Crippen molar-refractivity contribution in [2.45, 2.75) is 33.5 Å². The van der Waals surface area contributed by atoms with Crippen LogP contribution in [0.5, 0.6) is 0 Å². The van der Waals surface area contributed by atoms with Crippen LogP contribution in [-0.4, -0.2) is 30.3 Å². The largest absolute Gasteiger partial charge is 0.433 e. The Morgan fingerprint density at radius 1 is 1.23 bits per heavy atom. The van der Waals surface area contributed by atoms with Gasteiger partial charge in [0.15, 0.2) is 17.0 Å². The smallest absolute Gasteiger partial charge is 0.317 e. The minimum atomic E-state index is -4.70. The number of halogens is 4. The molecule has 0 spiro atoms. The van der Waals surface area contributed by atoms with Gasteiger partial charge < -0.3 is 5.32 Å². The highest BCUT2D eigenvalue weighted by molar-refractivity contribution is 7.19. The van der Waals surface area contributed by atoms with Crippen molar-refractivity contribution in [2.75, 3.05) is 5.32 Å². The van der Waals surface area contributed by atoms with E-state index in [1.165, 1.54) is 6.07 Å². The van der Waals surface area contributed by atoms with E-state index in [0.29, 0.717) is 31.7 Å². The number of carbonyl (C=O) groups is 1. The van der Waals surface area contributed by atoms with E-state index in [1.807, 2.05) is 6.92 Å². The van der Waals surface area contributed by atoms with Crippen LogP contribution in [0.2, 0.25) is 4.34 Å². The van der Waals surface area contributed by atoms with Gasteiger partial charge in [0.05, 0.1) is 32.0 Å². The number of nitrogens with zero attached hydrogens (tertiary/aromatic N) is 5. The molecule has 0 bridgehead atoms. The number of alkyl halides is 3. The highest BCUT2D eigenvalue weighted by Crippen LogP contribution is 2.35. The second-order valence-corrected chi connectivity index (χ2v) is 8.46. The summed E-state index contributed by atoms with van der Waals surface area (Å²) < 4.78 is 43.9. The zero-order valence-electron chi connectivity index (χ0n) is 16.6. The van der Waals surface area contributed by atoms with Gasteiger partial charge in [-0.15, -0.1) is 11.3 Å². The Morgan fingerprint density at radius 2 is 1.97 bits per heavy atom. The summed E-state index contributed by atoms with van der Waals surface area (Å²) in [5, 5.41) is 10.9. The van der Waals surface area contributed by atoms with E-state index in [-0.39, 0.29) is 17.0 Å². The summed E-state index contributed by atoms with van der Waals surface area (Å²) in [6.45, 7) is 6.06. The summed E-state index contributed by atoms with van der Waals surface area (Å²) in [6.07, 6.45) is -4.70. The summed E-state index contributed by atoms with van der Waals surface area (Å²) in [5.74, 6) is -0.652. The van der Waals surface area contributed by atoms with Crippen LogP contribution in [0.3, 0.4) is 0 Å². The summed E-state index contributed by atoms with van der Waals surface area (Å²) in [5.41, 5.74) is 0.605. The number of aromatic nitrogens is 5. The van der Waals surface area contributed by atoms with Crippen molar-refractivity contribution < 1.29 is 18.0 Å². The fourth-order valence-electron chi connectivity index (χ4n) is 3.23. The average Bonchev–Trinajstić information content (AvgIpc) is 3.39. The predicted molar refractivity (Wildman–Crippen MR) is 112 cm³/mol. The number of nitrogens with one attached hydrogen (secondary N) is 1. The van der Waals surface area contributed by atoms with Crippen molar-refractivity contribution in [2.24, 2.45) is 0 Å². The highest BCUT2D eigenvalue weighted by atomic mass is 35.5. The molecule has 4 aromatic rings. The number of rotatable bonds is 4. The molecule has 0 saturated heterocycles. The Balaban J connectivity index is 1.78. The molecule has 0 radical (unpaired) electrons. The second-order valence-electron chi connectivity index (χ2n) is 6.74. The van der Waals surface area contributed by atoms with Gasteiger partial charge in [-0.25, -0.2) is 9.50 Å². The van der Waals surface area contributed by atoms with E-state index in [1.54, 1.807) is 30.7 Å². The van der Waals surface area contributed by atoms with Crippen LogP contribution >= 0.6 is 22.9 Å². The Bertz CT molecular complexity index is 1310. The van der Waals surface area contributed by atoms with Crippen LogP contribution < -0.4 is 5.32 Å². The van der Waals surface area contributed by atoms with E-state index in [0.717, 1.165) is 23.1 Å². The number of fused-ring (bicyclic) bond motifs is 1. The molecule has 1 N–H and O–H groups in total. The van der Waals surface area contributed by atoms with Crippen molar-refractivity contribution >= 4 is 40.2 Å². The normalized spacial score (nSPS) is 12.0. The van der Waals surface area contributed by atoms with Gasteiger partial charge in [-0.05, 0) is 39.0 Å². The highest BCUT2D eigenvalue weighted by Gasteiger charge is 2.36. The monoisotopic (exact) mass is 468 g/mol. The zero-order valence-corrected chi connectivity index (χ0v) is 18.2. The van der Waals surface area contributed by atoms with E-state index >= 15 is 0 Å². The van der Waals surface area contributed by atoms with Gasteiger partial charge in [-0.1, -0.05) is 11.6 Å². The predicted octanol–water partition coefficient (Wildman–Crippen LogP) is 5.22. The summed E-state index contributed by atoms with van der Waals surface area (Å²) in [7, 11) is 0. The van der Waals surface area contributed by atoms with Gasteiger partial charge in [0.1, 0.15) is 0 Å². The van der Waals surface area contributed by atoms with E-state index < -0.39 is 17.8 Å². The molecule has 0 atom stereocenters. The number of amides is 1. The molecular weight excluding hydrogens is 453 g/mol. The lowest BCUT2D eigenvalue weighted by Crippen LogP contribution is -2.16. The third-order valence-corrected chi connectivity index (χ3v) is 5.95. The van der Waals surface area contributed by atoms with E-state index in [2.05, 4.69) is 20.5 Å². The first-order chi connectivity index (χ1) is 14.6. The average molecular weight is 469 g/mol. The number of hydrogen-bond acceptors (Lipinski definition) is 5. The third kappa shape index (κ3) is 3.90. The molecule has 0 unspecified atom stereocenters. The molecule has 31 heavy (non-hydrogen) atoms. The van der Waals surface area contributed by atoms with Crippen LogP contribution in [0.1, 0.15) is 34.5 Å². The molecular formula is C19H16ClF3N6OS. The molecule has 4 aromatic heterocycles. The fourth-order valence-corrected chi connectivity index (χ4v) is 4.23. The first-order valence-corrected chi connectivity index (χ1v) is 10.4. The first kappa shape index (κ1) is 21.3. The van der Waals surface area contributed by atoms with Crippen molar-refractivity contribution in [3.63, 3.8) is 0 Å². The molecule has 0 aliphatic rings. The number of aryl methyl sites for hydroxylation is 2. The van der Waals surface area contributed by atoms with Crippen molar-refractivity contribution in [3.8, 4) is 10.6 Å². The Morgan fingerprint density at radius 3 is 2.55 bits per heavy atom. The molecule has 12 heteroatoms. The fraction of sp³-hybridized carbons (Fsp3) is 0.263. The van der Waals surface area contributed by atoms with Gasteiger partial charge in [0, 0.05) is 12.6 Å². The standard InChI is InChI=1S/C19H16ClF3N6OS/c1-4-28-10(3)17(9(2)26-28)25-18(30)12-8-16-24-11(13-5-6-15(20)31-13)7-14(19(21,22)23)29(16)27-12/h5-8H,4H2,1-3H3,(H,25,30). The number of thiophene rings is 1. The summed E-state index contributed by atoms with van der Waals surface area (Å²) in [6, 6.07) is 5.28. The van der Waals surface area contributed by atoms with Crippen molar-refractivity contribution in [1.82, 2.24) is 24.4 Å². The van der Waals surface area contributed by atoms with Gasteiger partial charge in [0.25, 0.3) is 5.91 Å². The lowest BCUT2D eigenvalue weighted by molar-refractivity contribution is -0.142. The minimum Gasteiger partial charge on any atom is -0.317 e. The lowest BCUT2D eigenvalue weighted by atomic mass is 10.2. The number of carbonyl (C=O) groups excluding carboxylic acids is 1. The van der Waals surface area contributed by atoms with Gasteiger partial charge in [-0.3, -0.25) is 9.48 Å². The molecule has 0 fully saturated rings. The van der Waals surface area contributed by atoms with Crippen molar-refractivity contribution in [1.29, 1.82) is 0 Å². The third-order valence-electron chi connectivity index (χ3n) is 4.70. The topological polar surface area (TPSA) is 77.1 Å². The molecule has 4 heterocycles. The molecule has 7 nitrogen and oxygen atoms in total. The molecule has 1 amide bonds. The van der Waals surface area contributed by atoms with Crippen LogP contribution in [0.25, 0.3) is 16.2 Å². The molecule has 0 aliphatic carbocycles. The zero-order chi connectivity index (χ0) is 22.5. The maximum absolute atomic E-state index is 13.7. The minimum absolute atomic E-state index is 0.0968. The molecule has 0 aliphatic heterocycles. The number of hydrogen-bond donors (Lipinski definition) is 1. The summed E-state index contributed by atoms with van der Waals surface area (Å²) >= 11 is 7.02. The van der Waals surface area contributed by atoms with Crippen LogP contribution in [0.4, 0.5) is 18.9 Å². The SMILES string of the molecule is CCn1nc(C)c(NC(=O)c2cc3nc(-c4ccc(Cl)s4)cc(C(F)(F)F)n3n2)c1C. The van der Waals surface area contributed by atoms with E-state index in [4.69, 9.17) is 11.6 Å². The van der Waals surface area contributed by atoms with Crippen LogP contribution in [-0.2, 0) is 12.7 Å². The maximum atomic E-state index is 13.7. The lowest BCUT2D eigenvalue weighted by Gasteiger charge is -2.10. The molecule has 4 rings (SSSR count). The van der Waals surface area contributed by atoms with Crippen LogP contribution in [0, 0.1) is 13.8 Å². The maximum Gasteiger partial charge on any atom is 0.433 e. The second kappa shape index (κ2) is 7.65. The van der Waals surface area contributed by atoms with E-state index in [9.17, 15) is 18.0 Å².